The summed E-state index contributed by atoms with van der Waals surface area (Å²) in [5, 5.41) is 12.3. The maximum absolute atomic E-state index is 13.4. The molecule has 0 radical (unpaired) electrons. The minimum absolute atomic E-state index is 0.00593. The molecule has 1 unspecified atom stereocenters. The Kier molecular flexibility index (Phi) is 7.34. The van der Waals surface area contributed by atoms with Crippen molar-refractivity contribution in [2.45, 2.75) is 56.7 Å². The van der Waals surface area contributed by atoms with Gasteiger partial charge in [0, 0.05) is 17.8 Å². The summed E-state index contributed by atoms with van der Waals surface area (Å²) in [7, 11) is 0. The van der Waals surface area contributed by atoms with Gasteiger partial charge in [-0.1, -0.05) is 19.4 Å². The molecular weight excluding hydrogens is 548 g/mol. The predicted octanol–water partition coefficient (Wildman–Crippen LogP) is 5.70. The first-order valence-corrected chi connectivity index (χ1v) is 11.9. The van der Waals surface area contributed by atoms with Crippen molar-refractivity contribution in [2.24, 2.45) is 0 Å². The van der Waals surface area contributed by atoms with Crippen molar-refractivity contribution in [3.05, 3.63) is 77.5 Å². The molecule has 0 bridgehead atoms. The molecule has 14 heteroatoms. The Hall–Kier alpha value is -4.07. The fraction of sp³-hybridized carbons (Fsp3) is 0.346. The number of nitrogens with zero attached hydrogens (tertiary/aromatic N) is 2. The van der Waals surface area contributed by atoms with Crippen LogP contribution < -0.4 is 10.1 Å². The van der Waals surface area contributed by atoms with Gasteiger partial charge in [0.1, 0.15) is 17.3 Å². The number of urea groups is 1. The number of ether oxygens (including phenoxy) is 1. The van der Waals surface area contributed by atoms with Gasteiger partial charge in [-0.3, -0.25) is 14.7 Å². The van der Waals surface area contributed by atoms with Crippen molar-refractivity contribution in [3.8, 4) is 11.5 Å². The lowest BCUT2D eigenvalue weighted by molar-refractivity contribution is -0.376. The second kappa shape index (κ2) is 10.2. The van der Waals surface area contributed by atoms with Crippen LogP contribution in [0.1, 0.15) is 42.8 Å². The monoisotopic (exact) mass is 571 g/mol. The van der Waals surface area contributed by atoms with Crippen LogP contribution in [0.3, 0.4) is 0 Å². The van der Waals surface area contributed by atoms with Gasteiger partial charge < -0.3 is 19.6 Å². The van der Waals surface area contributed by atoms with Crippen molar-refractivity contribution in [2.75, 3.05) is 0 Å². The third-order valence-corrected chi connectivity index (χ3v) is 6.44. The lowest BCUT2D eigenvalue weighted by atomic mass is 9.90. The highest BCUT2D eigenvalue weighted by atomic mass is 19.4. The van der Waals surface area contributed by atoms with Crippen LogP contribution >= 0.6 is 0 Å². The Morgan fingerprint density at radius 1 is 1.07 bits per heavy atom. The summed E-state index contributed by atoms with van der Waals surface area (Å²) in [6.07, 6.45) is -9.00. The fourth-order valence-electron chi connectivity index (χ4n) is 4.32. The molecule has 4 rings (SSSR count). The van der Waals surface area contributed by atoms with Gasteiger partial charge in [0.25, 0.3) is 11.5 Å². The van der Waals surface area contributed by atoms with E-state index in [1.807, 2.05) is 0 Å². The lowest BCUT2D eigenvalue weighted by Gasteiger charge is -2.33. The predicted molar refractivity (Wildman–Crippen MR) is 126 cm³/mol. The molecule has 8 nitrogen and oxygen atoms in total. The standard InChI is InChI=1S/C26H23F6N3O5/c1-3-5-15-12-16(24(38,25(27,28)29)26(30,31)32)7-8-19(15)40-18-9-10-33-17(13-18)14-35-21(36)23(2,34-22(35)37)20-6-4-11-39-20/h4,6-13,38H,3,5,14H2,1-2H3,(H,34,37). The number of aromatic nitrogens is 1. The second-order valence-electron chi connectivity index (χ2n) is 9.29. The van der Waals surface area contributed by atoms with E-state index in [1.54, 1.807) is 13.0 Å². The molecule has 3 aromatic rings. The minimum atomic E-state index is -6.02. The smallest absolute Gasteiger partial charge is 0.430 e. The van der Waals surface area contributed by atoms with Crippen molar-refractivity contribution in [1.82, 2.24) is 15.2 Å². The zero-order valence-corrected chi connectivity index (χ0v) is 21.1. The third kappa shape index (κ3) is 4.98. The van der Waals surface area contributed by atoms with E-state index >= 15 is 0 Å². The van der Waals surface area contributed by atoms with Gasteiger partial charge in [0.15, 0.2) is 5.54 Å². The number of aryl methyl sites for hydroxylation is 1. The number of rotatable bonds is 8. The molecule has 1 atom stereocenters. The number of amides is 3. The SMILES string of the molecule is CCCc1cc(C(O)(C(F)(F)F)C(F)(F)F)ccc1Oc1ccnc(CN2C(=O)NC(C)(c3ccco3)C2=O)c1. The Bertz CT molecular complexity index is 1390. The number of carbonyl (C=O) groups excluding carboxylic acids is 2. The van der Waals surface area contributed by atoms with E-state index < -0.39 is 41.0 Å². The van der Waals surface area contributed by atoms with Crippen LogP contribution in [0.2, 0.25) is 0 Å². The molecule has 1 saturated heterocycles. The number of alkyl halides is 6. The van der Waals surface area contributed by atoms with Crippen LogP contribution in [-0.4, -0.2) is 39.3 Å². The highest BCUT2D eigenvalue weighted by Gasteiger charge is 2.71. The number of hydrogen-bond acceptors (Lipinski definition) is 6. The molecule has 214 valence electrons. The highest BCUT2D eigenvalue weighted by Crippen LogP contribution is 2.50. The molecule has 40 heavy (non-hydrogen) atoms. The van der Waals surface area contributed by atoms with E-state index in [-0.39, 0.29) is 41.5 Å². The van der Waals surface area contributed by atoms with Crippen LogP contribution in [-0.2, 0) is 28.9 Å². The zero-order valence-electron chi connectivity index (χ0n) is 21.1. The molecule has 2 aromatic heterocycles. The van der Waals surface area contributed by atoms with Gasteiger partial charge in [-0.2, -0.15) is 26.3 Å². The van der Waals surface area contributed by atoms with Crippen molar-refractivity contribution >= 4 is 11.9 Å². The molecule has 1 aliphatic heterocycles. The van der Waals surface area contributed by atoms with Crippen LogP contribution in [0.15, 0.2) is 59.3 Å². The molecule has 1 aromatic carbocycles. The van der Waals surface area contributed by atoms with Crippen molar-refractivity contribution < 1.29 is 50.2 Å². The van der Waals surface area contributed by atoms with Crippen molar-refractivity contribution in [3.63, 3.8) is 0 Å². The van der Waals surface area contributed by atoms with E-state index in [9.17, 15) is 41.0 Å². The van der Waals surface area contributed by atoms with Crippen LogP contribution in [0, 0.1) is 0 Å². The number of pyridine rings is 1. The normalized spacial score (nSPS) is 18.3. The Morgan fingerprint density at radius 2 is 1.77 bits per heavy atom. The average Bonchev–Trinajstić information content (AvgIpc) is 3.48. The molecule has 1 fully saturated rings. The zero-order chi connectivity index (χ0) is 29.5. The van der Waals surface area contributed by atoms with E-state index in [2.05, 4.69) is 10.3 Å². The Balaban J connectivity index is 1.60. The van der Waals surface area contributed by atoms with Crippen LogP contribution in [0.25, 0.3) is 0 Å². The van der Waals surface area contributed by atoms with Crippen LogP contribution in [0.5, 0.6) is 11.5 Å². The largest absolute Gasteiger partial charge is 0.466 e. The van der Waals surface area contributed by atoms with Gasteiger partial charge in [-0.25, -0.2) is 4.79 Å². The summed E-state index contributed by atoms with van der Waals surface area (Å²) < 4.78 is 91.3. The van der Waals surface area contributed by atoms with E-state index in [4.69, 9.17) is 9.15 Å². The van der Waals surface area contributed by atoms with E-state index in [1.165, 1.54) is 37.6 Å². The number of imide groups is 1. The van der Waals surface area contributed by atoms with Gasteiger partial charge in [0.2, 0.25) is 0 Å². The lowest BCUT2D eigenvalue weighted by Crippen LogP contribution is -2.53. The average molecular weight is 571 g/mol. The summed E-state index contributed by atoms with van der Waals surface area (Å²) in [6, 6.07) is 7.19. The maximum atomic E-state index is 13.4. The fourth-order valence-corrected chi connectivity index (χ4v) is 4.32. The summed E-state index contributed by atoms with van der Waals surface area (Å²) in [5.41, 5.74) is -7.69. The quantitative estimate of drug-likeness (QED) is 0.266. The number of halogens is 6. The topological polar surface area (TPSA) is 105 Å². The number of carbonyl (C=O) groups is 2. The number of aliphatic hydroxyl groups is 1. The highest BCUT2D eigenvalue weighted by molar-refractivity contribution is 6.06. The van der Waals surface area contributed by atoms with Gasteiger partial charge >= 0.3 is 18.4 Å². The number of benzene rings is 1. The van der Waals surface area contributed by atoms with Crippen LogP contribution in [0.4, 0.5) is 31.1 Å². The summed E-state index contributed by atoms with van der Waals surface area (Å²) in [6.45, 7) is 2.88. The third-order valence-electron chi connectivity index (χ3n) is 6.44. The molecule has 1 aliphatic rings. The van der Waals surface area contributed by atoms with Gasteiger partial charge in [0.05, 0.1) is 18.5 Å². The Labute approximate surface area is 223 Å². The first-order chi connectivity index (χ1) is 18.6. The molecule has 0 aliphatic carbocycles. The maximum Gasteiger partial charge on any atom is 0.430 e. The van der Waals surface area contributed by atoms with E-state index in [0.717, 1.165) is 11.0 Å². The number of nitrogens with one attached hydrogen (secondary N) is 1. The van der Waals surface area contributed by atoms with Gasteiger partial charge in [-0.05, 0) is 49.2 Å². The summed E-state index contributed by atoms with van der Waals surface area (Å²) >= 11 is 0. The first-order valence-electron chi connectivity index (χ1n) is 11.9. The molecule has 3 heterocycles. The molecule has 0 spiro atoms. The molecule has 2 N–H and O–H groups in total. The molecule has 0 saturated carbocycles. The summed E-state index contributed by atoms with van der Waals surface area (Å²) in [5.74, 6) is -0.316. The minimum Gasteiger partial charge on any atom is -0.466 e. The second-order valence-corrected chi connectivity index (χ2v) is 9.29. The Morgan fingerprint density at radius 3 is 2.38 bits per heavy atom. The van der Waals surface area contributed by atoms with Crippen molar-refractivity contribution in [1.29, 1.82) is 0 Å². The first kappa shape index (κ1) is 28.9. The molecular formula is C26H23F6N3O5. The van der Waals surface area contributed by atoms with Gasteiger partial charge in [-0.15, -0.1) is 0 Å². The molecule has 3 amide bonds. The van der Waals surface area contributed by atoms with E-state index in [0.29, 0.717) is 18.6 Å². The number of hydrogen-bond donors (Lipinski definition) is 2. The summed E-state index contributed by atoms with van der Waals surface area (Å²) in [4.78, 5) is 30.6. The number of furan rings is 1.